The predicted molar refractivity (Wildman–Crippen MR) is 83.4 cm³/mol. The minimum atomic E-state index is -0.474. The molecule has 3 heterocycles. The molecule has 0 unspecified atom stereocenters. The third-order valence-corrected chi connectivity index (χ3v) is 4.35. The Morgan fingerprint density at radius 2 is 2.36 bits per heavy atom. The molecule has 1 saturated heterocycles. The van der Waals surface area contributed by atoms with Crippen LogP contribution in [0.2, 0.25) is 0 Å². The standard InChI is InChI=1S/C14H17N5O2S/c15-13(20)8-18-7-11(6-16-18)17-14(21)19-4-1-2-12(19)10-3-5-22-9-10/h3,5-7,9,12H,1-2,4,8H2,(H2,15,20)(H,17,21)/t12-/m0/s1. The Kier molecular flexibility index (Phi) is 4.10. The molecule has 0 aliphatic carbocycles. The highest BCUT2D eigenvalue weighted by molar-refractivity contribution is 7.07. The number of nitrogens with zero attached hydrogens (tertiary/aromatic N) is 3. The Balaban J connectivity index is 1.66. The maximum Gasteiger partial charge on any atom is 0.322 e. The van der Waals surface area contributed by atoms with Gasteiger partial charge in [-0.2, -0.15) is 16.4 Å². The molecule has 1 fully saturated rings. The normalized spacial score (nSPS) is 17.6. The lowest BCUT2D eigenvalue weighted by Gasteiger charge is -2.24. The summed E-state index contributed by atoms with van der Waals surface area (Å²) in [6.45, 7) is 0.735. The first-order valence-corrected chi connectivity index (χ1v) is 7.98. The summed E-state index contributed by atoms with van der Waals surface area (Å²) >= 11 is 1.64. The maximum absolute atomic E-state index is 12.4. The number of primary amides is 1. The average molecular weight is 319 g/mol. The monoisotopic (exact) mass is 319 g/mol. The molecule has 3 N–H and O–H groups in total. The van der Waals surface area contributed by atoms with E-state index < -0.39 is 5.91 Å². The van der Waals surface area contributed by atoms with E-state index in [4.69, 9.17) is 5.73 Å². The first-order chi connectivity index (χ1) is 10.6. The number of rotatable bonds is 4. The zero-order chi connectivity index (χ0) is 15.5. The smallest absolute Gasteiger partial charge is 0.322 e. The van der Waals surface area contributed by atoms with Gasteiger partial charge in [-0.05, 0) is 35.2 Å². The van der Waals surface area contributed by atoms with Crippen molar-refractivity contribution in [2.45, 2.75) is 25.4 Å². The van der Waals surface area contributed by atoms with E-state index in [1.54, 1.807) is 17.5 Å². The third-order valence-electron chi connectivity index (χ3n) is 3.64. The van der Waals surface area contributed by atoms with Crippen LogP contribution in [0.1, 0.15) is 24.4 Å². The Hall–Kier alpha value is -2.35. The van der Waals surface area contributed by atoms with Crippen LogP contribution in [-0.2, 0) is 11.3 Å². The number of nitrogens with one attached hydrogen (secondary N) is 1. The predicted octanol–water partition coefficient (Wildman–Crippen LogP) is 1.80. The van der Waals surface area contributed by atoms with Crippen LogP contribution in [-0.4, -0.2) is 33.2 Å². The van der Waals surface area contributed by atoms with Gasteiger partial charge in [-0.25, -0.2) is 4.79 Å². The van der Waals surface area contributed by atoms with Crippen LogP contribution in [0.15, 0.2) is 29.2 Å². The molecule has 3 rings (SSSR count). The third kappa shape index (κ3) is 3.11. The van der Waals surface area contributed by atoms with Crippen molar-refractivity contribution < 1.29 is 9.59 Å². The molecule has 1 aliphatic rings. The van der Waals surface area contributed by atoms with Gasteiger partial charge in [-0.3, -0.25) is 9.48 Å². The highest BCUT2D eigenvalue weighted by Crippen LogP contribution is 2.33. The summed E-state index contributed by atoms with van der Waals surface area (Å²) in [5.74, 6) is -0.474. The van der Waals surface area contributed by atoms with E-state index in [1.165, 1.54) is 16.4 Å². The van der Waals surface area contributed by atoms with Crippen molar-refractivity contribution in [2.75, 3.05) is 11.9 Å². The molecule has 0 saturated carbocycles. The quantitative estimate of drug-likeness (QED) is 0.900. The minimum absolute atomic E-state index is 0.00286. The topological polar surface area (TPSA) is 93.2 Å². The minimum Gasteiger partial charge on any atom is -0.368 e. The van der Waals surface area contributed by atoms with Crippen molar-refractivity contribution in [3.63, 3.8) is 0 Å². The van der Waals surface area contributed by atoms with Gasteiger partial charge in [-0.15, -0.1) is 0 Å². The van der Waals surface area contributed by atoms with Crippen molar-refractivity contribution in [1.29, 1.82) is 0 Å². The van der Waals surface area contributed by atoms with Crippen molar-refractivity contribution >= 4 is 29.0 Å². The summed E-state index contributed by atoms with van der Waals surface area (Å²) in [5.41, 5.74) is 6.85. The van der Waals surface area contributed by atoms with Crippen molar-refractivity contribution in [1.82, 2.24) is 14.7 Å². The number of likely N-dealkylation sites (tertiary alicyclic amines) is 1. The summed E-state index contributed by atoms with van der Waals surface area (Å²) in [7, 11) is 0. The fraction of sp³-hybridized carbons (Fsp3) is 0.357. The number of carbonyl (C=O) groups is 2. The van der Waals surface area contributed by atoms with E-state index in [2.05, 4.69) is 21.9 Å². The van der Waals surface area contributed by atoms with E-state index in [9.17, 15) is 9.59 Å². The molecule has 1 atom stereocenters. The zero-order valence-corrected chi connectivity index (χ0v) is 12.8. The number of urea groups is 1. The molecule has 3 amide bonds. The lowest BCUT2D eigenvalue weighted by Crippen LogP contribution is -2.34. The van der Waals surface area contributed by atoms with Crippen LogP contribution in [0.25, 0.3) is 0 Å². The van der Waals surface area contributed by atoms with Gasteiger partial charge in [0.1, 0.15) is 6.54 Å². The molecule has 0 bridgehead atoms. The van der Waals surface area contributed by atoms with Crippen molar-refractivity contribution in [3.8, 4) is 0 Å². The van der Waals surface area contributed by atoms with Gasteiger partial charge in [0.2, 0.25) is 5.91 Å². The lowest BCUT2D eigenvalue weighted by molar-refractivity contribution is -0.118. The summed E-state index contributed by atoms with van der Waals surface area (Å²) in [6.07, 6.45) is 5.08. The second-order valence-corrected chi connectivity index (χ2v) is 6.01. The molecule has 0 spiro atoms. The van der Waals surface area contributed by atoms with Crippen molar-refractivity contribution in [2.24, 2.45) is 5.73 Å². The molecule has 2 aromatic heterocycles. The first kappa shape index (κ1) is 14.6. The van der Waals surface area contributed by atoms with Crippen LogP contribution < -0.4 is 11.1 Å². The Morgan fingerprint density at radius 3 is 3.09 bits per heavy atom. The Morgan fingerprint density at radius 1 is 1.50 bits per heavy atom. The van der Waals surface area contributed by atoms with Crippen LogP contribution in [0.5, 0.6) is 0 Å². The molecule has 0 radical (unpaired) electrons. The largest absolute Gasteiger partial charge is 0.368 e. The SMILES string of the molecule is NC(=O)Cn1cc(NC(=O)N2CCC[C@H]2c2ccsc2)cn1. The maximum atomic E-state index is 12.4. The van der Waals surface area contributed by atoms with Crippen LogP contribution in [0, 0.1) is 0 Å². The number of amides is 3. The van der Waals surface area contributed by atoms with Gasteiger partial charge >= 0.3 is 6.03 Å². The van der Waals surface area contributed by atoms with E-state index in [0.717, 1.165) is 19.4 Å². The zero-order valence-electron chi connectivity index (χ0n) is 11.9. The Bertz CT molecular complexity index is 667. The Labute approximate surface area is 131 Å². The molecule has 1 aliphatic heterocycles. The number of nitrogens with two attached hydrogens (primary N) is 1. The number of hydrogen-bond donors (Lipinski definition) is 2. The molecule has 116 valence electrons. The van der Waals surface area contributed by atoms with Gasteiger partial charge in [0.05, 0.1) is 17.9 Å². The fourth-order valence-corrected chi connectivity index (χ4v) is 3.40. The van der Waals surface area contributed by atoms with E-state index >= 15 is 0 Å². The van der Waals surface area contributed by atoms with E-state index in [1.807, 2.05) is 10.3 Å². The summed E-state index contributed by atoms with van der Waals surface area (Å²) in [5, 5.41) is 10.9. The average Bonchev–Trinajstić information content (AvgIpc) is 3.18. The van der Waals surface area contributed by atoms with Gasteiger partial charge in [0.25, 0.3) is 0 Å². The molecule has 0 aromatic carbocycles. The van der Waals surface area contributed by atoms with Crippen LogP contribution in [0.4, 0.5) is 10.5 Å². The highest BCUT2D eigenvalue weighted by atomic mass is 32.1. The number of carbonyl (C=O) groups excluding carboxylic acids is 2. The summed E-state index contributed by atoms with van der Waals surface area (Å²) < 4.78 is 1.40. The van der Waals surface area contributed by atoms with Gasteiger partial charge in [0.15, 0.2) is 0 Å². The second kappa shape index (κ2) is 6.18. The fourth-order valence-electron chi connectivity index (χ4n) is 2.69. The summed E-state index contributed by atoms with van der Waals surface area (Å²) in [6, 6.07) is 2.05. The lowest BCUT2D eigenvalue weighted by atomic mass is 10.1. The molecule has 22 heavy (non-hydrogen) atoms. The number of thiophene rings is 1. The number of aromatic nitrogens is 2. The van der Waals surface area contributed by atoms with Crippen LogP contribution >= 0.6 is 11.3 Å². The van der Waals surface area contributed by atoms with Crippen molar-refractivity contribution in [3.05, 3.63) is 34.8 Å². The van der Waals surface area contributed by atoms with Gasteiger partial charge in [-0.1, -0.05) is 0 Å². The van der Waals surface area contributed by atoms with E-state index in [0.29, 0.717) is 5.69 Å². The summed E-state index contributed by atoms with van der Waals surface area (Å²) in [4.78, 5) is 25.1. The second-order valence-electron chi connectivity index (χ2n) is 5.23. The molecule has 8 heteroatoms. The van der Waals surface area contributed by atoms with Gasteiger partial charge in [0, 0.05) is 12.7 Å². The highest BCUT2D eigenvalue weighted by Gasteiger charge is 2.30. The first-order valence-electron chi connectivity index (χ1n) is 7.04. The van der Waals surface area contributed by atoms with Gasteiger partial charge < -0.3 is 16.0 Å². The molecule has 7 nitrogen and oxygen atoms in total. The molecular weight excluding hydrogens is 302 g/mol. The van der Waals surface area contributed by atoms with E-state index in [-0.39, 0.29) is 18.6 Å². The van der Waals surface area contributed by atoms with Crippen LogP contribution in [0.3, 0.4) is 0 Å². The number of hydrogen-bond acceptors (Lipinski definition) is 4. The molecular formula is C14H17N5O2S. The number of anilines is 1. The molecule has 2 aromatic rings.